The highest BCUT2D eigenvalue weighted by molar-refractivity contribution is 9.11. The monoisotopic (exact) mass is 432 g/mol. The van der Waals surface area contributed by atoms with Crippen LogP contribution in [0.1, 0.15) is 10.4 Å². The summed E-state index contributed by atoms with van der Waals surface area (Å²) in [4.78, 5) is 22.3. The van der Waals surface area contributed by atoms with Gasteiger partial charge >= 0.3 is 0 Å². The third kappa shape index (κ3) is 3.81. The maximum absolute atomic E-state index is 12.1. The molecule has 0 saturated heterocycles. The molecule has 0 saturated carbocycles. The molecule has 0 atom stereocenters. The Labute approximate surface area is 141 Å². The van der Waals surface area contributed by atoms with Crippen molar-refractivity contribution in [2.75, 3.05) is 5.32 Å². The number of nitrogens with zero attached hydrogens (tertiary/aromatic N) is 1. The lowest BCUT2D eigenvalue weighted by Crippen LogP contribution is -2.12. The van der Waals surface area contributed by atoms with E-state index in [1.54, 1.807) is 18.2 Å². The van der Waals surface area contributed by atoms with Gasteiger partial charge in [-0.3, -0.25) is 14.9 Å². The molecule has 0 heterocycles. The molecule has 108 valence electrons. The molecule has 0 spiro atoms. The van der Waals surface area contributed by atoms with Crippen molar-refractivity contribution in [3.63, 3.8) is 0 Å². The van der Waals surface area contributed by atoms with Gasteiger partial charge in [0.25, 0.3) is 11.6 Å². The summed E-state index contributed by atoms with van der Waals surface area (Å²) >= 11 is 12.3. The summed E-state index contributed by atoms with van der Waals surface area (Å²) < 4.78 is 1.54. The number of nitro benzene ring substituents is 1. The summed E-state index contributed by atoms with van der Waals surface area (Å²) in [6.07, 6.45) is 0. The van der Waals surface area contributed by atoms with E-state index in [1.165, 1.54) is 12.1 Å². The van der Waals surface area contributed by atoms with Gasteiger partial charge in [-0.05, 0) is 46.3 Å². The van der Waals surface area contributed by atoms with Gasteiger partial charge < -0.3 is 5.32 Å². The lowest BCUT2D eigenvalue weighted by Gasteiger charge is -2.08. The Hall–Kier alpha value is -1.44. The van der Waals surface area contributed by atoms with E-state index in [-0.39, 0.29) is 16.3 Å². The number of nitro groups is 1. The standard InChI is InChI=1S/C13H7Br2ClN2O3/c14-8-2-4-11(9(15)6-8)17-13(19)7-1-3-10(16)12(5-7)18(20)21/h1-6H,(H,17,19). The summed E-state index contributed by atoms with van der Waals surface area (Å²) in [7, 11) is 0. The summed E-state index contributed by atoms with van der Waals surface area (Å²) in [5, 5.41) is 13.5. The summed E-state index contributed by atoms with van der Waals surface area (Å²) in [6.45, 7) is 0. The van der Waals surface area contributed by atoms with E-state index in [0.717, 1.165) is 10.5 Å². The molecule has 1 amide bonds. The number of anilines is 1. The number of carbonyl (C=O) groups is 1. The third-order valence-electron chi connectivity index (χ3n) is 2.58. The van der Waals surface area contributed by atoms with Crippen LogP contribution >= 0.6 is 43.5 Å². The van der Waals surface area contributed by atoms with Crippen molar-refractivity contribution in [2.45, 2.75) is 0 Å². The molecule has 2 aromatic rings. The van der Waals surface area contributed by atoms with E-state index in [0.29, 0.717) is 10.2 Å². The minimum Gasteiger partial charge on any atom is -0.321 e. The maximum atomic E-state index is 12.1. The van der Waals surface area contributed by atoms with Crippen molar-refractivity contribution in [1.82, 2.24) is 0 Å². The topological polar surface area (TPSA) is 72.2 Å². The first-order valence-corrected chi connectivity index (χ1v) is 7.55. The van der Waals surface area contributed by atoms with Gasteiger partial charge in [0, 0.05) is 20.6 Å². The van der Waals surface area contributed by atoms with Crippen LogP contribution in [0, 0.1) is 10.1 Å². The smallest absolute Gasteiger partial charge is 0.288 e. The largest absolute Gasteiger partial charge is 0.321 e. The molecule has 0 aromatic heterocycles. The average molecular weight is 434 g/mol. The predicted octanol–water partition coefficient (Wildman–Crippen LogP) is 5.03. The second kappa shape index (κ2) is 6.55. The molecular weight excluding hydrogens is 427 g/mol. The molecule has 2 aromatic carbocycles. The Kier molecular flexibility index (Phi) is 4.97. The fourth-order valence-corrected chi connectivity index (χ4v) is 2.91. The Morgan fingerprint density at radius 3 is 2.52 bits per heavy atom. The number of benzene rings is 2. The average Bonchev–Trinajstić information content (AvgIpc) is 2.42. The van der Waals surface area contributed by atoms with Crippen LogP contribution in [-0.4, -0.2) is 10.8 Å². The third-order valence-corrected chi connectivity index (χ3v) is 4.05. The van der Waals surface area contributed by atoms with Crippen molar-refractivity contribution in [2.24, 2.45) is 0 Å². The van der Waals surface area contributed by atoms with Crippen molar-refractivity contribution < 1.29 is 9.72 Å². The molecule has 0 unspecified atom stereocenters. The van der Waals surface area contributed by atoms with E-state index in [2.05, 4.69) is 37.2 Å². The quantitative estimate of drug-likeness (QED) is 0.544. The zero-order chi connectivity index (χ0) is 15.6. The maximum Gasteiger partial charge on any atom is 0.288 e. The Balaban J connectivity index is 2.28. The molecule has 0 fully saturated rings. The molecule has 0 aliphatic heterocycles. The number of hydrogen-bond acceptors (Lipinski definition) is 3. The molecule has 0 aliphatic carbocycles. The van der Waals surface area contributed by atoms with Crippen LogP contribution in [0.25, 0.3) is 0 Å². The highest BCUT2D eigenvalue weighted by atomic mass is 79.9. The zero-order valence-electron chi connectivity index (χ0n) is 10.3. The van der Waals surface area contributed by atoms with Crippen LogP contribution in [0.4, 0.5) is 11.4 Å². The van der Waals surface area contributed by atoms with Crippen molar-refractivity contribution in [3.05, 3.63) is 66.0 Å². The first-order valence-electron chi connectivity index (χ1n) is 5.59. The minimum atomic E-state index is -0.630. The number of hydrogen-bond donors (Lipinski definition) is 1. The van der Waals surface area contributed by atoms with E-state index in [9.17, 15) is 14.9 Å². The van der Waals surface area contributed by atoms with E-state index in [4.69, 9.17) is 11.6 Å². The van der Waals surface area contributed by atoms with Gasteiger partial charge in [-0.2, -0.15) is 0 Å². The van der Waals surface area contributed by atoms with Crippen LogP contribution in [0.5, 0.6) is 0 Å². The minimum absolute atomic E-state index is 0.0126. The van der Waals surface area contributed by atoms with Gasteiger partial charge in [0.2, 0.25) is 0 Å². The summed E-state index contributed by atoms with van der Waals surface area (Å²) in [6, 6.07) is 9.15. The van der Waals surface area contributed by atoms with Crippen molar-refractivity contribution in [3.8, 4) is 0 Å². The first-order chi connectivity index (χ1) is 9.88. The predicted molar refractivity (Wildman–Crippen MR) is 87.9 cm³/mol. The van der Waals surface area contributed by atoms with E-state index < -0.39 is 10.8 Å². The van der Waals surface area contributed by atoms with Crippen LogP contribution in [0.3, 0.4) is 0 Å². The summed E-state index contributed by atoms with van der Waals surface area (Å²) in [5.41, 5.74) is 0.404. The van der Waals surface area contributed by atoms with Gasteiger partial charge in [-0.15, -0.1) is 0 Å². The number of halogens is 3. The normalized spacial score (nSPS) is 10.2. The van der Waals surface area contributed by atoms with Gasteiger partial charge in [-0.25, -0.2) is 0 Å². The fraction of sp³-hybridized carbons (Fsp3) is 0. The molecule has 2 rings (SSSR count). The molecule has 5 nitrogen and oxygen atoms in total. The second-order valence-corrected chi connectivity index (χ2v) is 6.18. The number of rotatable bonds is 3. The zero-order valence-corrected chi connectivity index (χ0v) is 14.2. The van der Waals surface area contributed by atoms with Gasteiger partial charge in [-0.1, -0.05) is 27.5 Å². The van der Waals surface area contributed by atoms with Gasteiger partial charge in [0.05, 0.1) is 10.6 Å². The lowest BCUT2D eigenvalue weighted by atomic mass is 10.2. The number of nitrogens with one attached hydrogen (secondary N) is 1. The fourth-order valence-electron chi connectivity index (χ4n) is 1.58. The van der Waals surface area contributed by atoms with E-state index in [1.807, 2.05) is 0 Å². The van der Waals surface area contributed by atoms with Gasteiger partial charge in [0.15, 0.2) is 0 Å². The SMILES string of the molecule is O=C(Nc1ccc(Br)cc1Br)c1ccc(Cl)c([N+](=O)[O-])c1. The van der Waals surface area contributed by atoms with Crippen LogP contribution in [0.15, 0.2) is 45.3 Å². The molecule has 0 radical (unpaired) electrons. The second-order valence-electron chi connectivity index (χ2n) is 4.00. The van der Waals surface area contributed by atoms with E-state index >= 15 is 0 Å². The molecular formula is C13H7Br2ClN2O3. The van der Waals surface area contributed by atoms with Crippen molar-refractivity contribution in [1.29, 1.82) is 0 Å². The highest BCUT2D eigenvalue weighted by Crippen LogP contribution is 2.28. The Morgan fingerprint density at radius 1 is 1.19 bits per heavy atom. The van der Waals surface area contributed by atoms with Crippen LogP contribution in [-0.2, 0) is 0 Å². The highest BCUT2D eigenvalue weighted by Gasteiger charge is 2.16. The molecule has 1 N–H and O–H groups in total. The molecule has 0 aliphatic rings. The molecule has 21 heavy (non-hydrogen) atoms. The Bertz CT molecular complexity index is 737. The number of carbonyl (C=O) groups excluding carboxylic acids is 1. The molecule has 0 bridgehead atoms. The van der Waals surface area contributed by atoms with Crippen molar-refractivity contribution >= 4 is 60.7 Å². The summed E-state index contributed by atoms with van der Waals surface area (Å²) in [5.74, 6) is -0.460. The lowest BCUT2D eigenvalue weighted by molar-refractivity contribution is -0.384. The Morgan fingerprint density at radius 2 is 1.90 bits per heavy atom. The first kappa shape index (κ1) is 15.9. The van der Waals surface area contributed by atoms with Crippen LogP contribution < -0.4 is 5.32 Å². The van der Waals surface area contributed by atoms with Gasteiger partial charge in [0.1, 0.15) is 5.02 Å². The number of amides is 1. The van der Waals surface area contributed by atoms with Crippen LogP contribution in [0.2, 0.25) is 5.02 Å². The molecule has 8 heteroatoms.